The van der Waals surface area contributed by atoms with Crippen molar-refractivity contribution < 1.29 is 9.53 Å². The molecule has 2 aromatic carbocycles. The van der Waals surface area contributed by atoms with Crippen molar-refractivity contribution in [3.05, 3.63) is 93.2 Å². The highest BCUT2D eigenvalue weighted by Crippen LogP contribution is 2.39. The monoisotopic (exact) mass is 385 g/mol. The molecule has 1 atom stereocenters. The maximum absolute atomic E-state index is 13.1. The molecule has 5 heteroatoms. The number of hydrogen-bond donors (Lipinski definition) is 0. The number of halogens is 2. The number of ether oxygens (including phenoxy) is 1. The Morgan fingerprint density at radius 1 is 0.885 bits per heavy atom. The van der Waals surface area contributed by atoms with Crippen LogP contribution < -0.4 is 4.74 Å². The van der Waals surface area contributed by atoms with Crippen molar-refractivity contribution in [2.24, 2.45) is 0 Å². The zero-order valence-electron chi connectivity index (χ0n) is 14.4. The number of nitrogens with zero attached hydrogens (tertiary/aromatic N) is 1. The summed E-state index contributed by atoms with van der Waals surface area (Å²) < 4.78 is 6.09. The van der Waals surface area contributed by atoms with Crippen LogP contribution in [-0.4, -0.2) is 10.8 Å². The van der Waals surface area contributed by atoms with Gasteiger partial charge in [0.2, 0.25) is 5.78 Å². The molecular formula is C21H17Cl2NO2. The molecule has 0 N–H and O–H groups in total. The topological polar surface area (TPSA) is 39.2 Å². The predicted molar refractivity (Wildman–Crippen MR) is 104 cm³/mol. The summed E-state index contributed by atoms with van der Waals surface area (Å²) in [4.78, 5) is 17.4. The van der Waals surface area contributed by atoms with Crippen LogP contribution in [-0.2, 0) is 0 Å². The number of aromatic nitrogens is 1. The number of carbonyl (C=O) groups excluding carboxylic acids is 1. The van der Waals surface area contributed by atoms with Crippen LogP contribution in [0.5, 0.6) is 5.75 Å². The van der Waals surface area contributed by atoms with Crippen LogP contribution >= 0.6 is 23.2 Å². The Morgan fingerprint density at radius 3 is 1.92 bits per heavy atom. The van der Waals surface area contributed by atoms with Gasteiger partial charge in [0.1, 0.15) is 10.0 Å². The third kappa shape index (κ3) is 3.74. The van der Waals surface area contributed by atoms with E-state index in [4.69, 9.17) is 27.9 Å². The van der Waals surface area contributed by atoms with Gasteiger partial charge in [0.05, 0.1) is 11.4 Å². The molecule has 0 bridgehead atoms. The van der Waals surface area contributed by atoms with E-state index in [2.05, 4.69) is 4.98 Å². The lowest BCUT2D eigenvalue weighted by Crippen LogP contribution is -2.20. The van der Waals surface area contributed by atoms with Gasteiger partial charge in [0, 0.05) is 11.1 Å². The van der Waals surface area contributed by atoms with Gasteiger partial charge in [0.25, 0.3) is 0 Å². The van der Waals surface area contributed by atoms with Crippen molar-refractivity contribution in [1.29, 1.82) is 0 Å². The molecule has 0 fully saturated rings. The average Bonchev–Trinajstić information content (AvgIpc) is 2.67. The van der Waals surface area contributed by atoms with Gasteiger partial charge in [-0.1, -0.05) is 83.9 Å². The SMILES string of the molecule is Cc1nc(C)c(Cl)c(OC(C(=O)c2ccccc2)c2ccccc2)c1Cl. The molecule has 0 aliphatic carbocycles. The van der Waals surface area contributed by atoms with Gasteiger partial charge in [-0.2, -0.15) is 0 Å². The molecule has 1 heterocycles. The lowest BCUT2D eigenvalue weighted by atomic mass is 10.00. The highest BCUT2D eigenvalue weighted by atomic mass is 35.5. The van der Waals surface area contributed by atoms with Gasteiger partial charge in [-0.05, 0) is 13.8 Å². The first-order valence-corrected chi connectivity index (χ1v) is 8.87. The summed E-state index contributed by atoms with van der Waals surface area (Å²) in [5, 5.41) is 0.616. The number of rotatable bonds is 5. The lowest BCUT2D eigenvalue weighted by molar-refractivity contribution is 0.0792. The average molecular weight is 386 g/mol. The number of hydrogen-bond acceptors (Lipinski definition) is 3. The Bertz CT molecular complexity index is 901. The van der Waals surface area contributed by atoms with E-state index in [0.29, 0.717) is 27.0 Å². The maximum atomic E-state index is 13.1. The van der Waals surface area contributed by atoms with Crippen molar-refractivity contribution in [1.82, 2.24) is 4.98 Å². The number of aryl methyl sites for hydroxylation is 2. The van der Waals surface area contributed by atoms with Crippen LogP contribution in [0.3, 0.4) is 0 Å². The lowest BCUT2D eigenvalue weighted by Gasteiger charge is -2.21. The Labute approximate surface area is 162 Å². The summed E-state index contributed by atoms with van der Waals surface area (Å²) in [7, 11) is 0. The van der Waals surface area contributed by atoms with Crippen molar-refractivity contribution in [2.75, 3.05) is 0 Å². The quantitative estimate of drug-likeness (QED) is 0.504. The van der Waals surface area contributed by atoms with E-state index >= 15 is 0 Å². The minimum absolute atomic E-state index is 0.170. The van der Waals surface area contributed by atoms with Crippen LogP contribution in [0.1, 0.15) is 33.4 Å². The summed E-state index contributed by atoms with van der Waals surface area (Å²) in [6.07, 6.45) is -0.866. The van der Waals surface area contributed by atoms with E-state index in [1.165, 1.54) is 0 Å². The Balaban J connectivity index is 2.08. The first-order chi connectivity index (χ1) is 12.5. The van der Waals surface area contributed by atoms with E-state index in [9.17, 15) is 4.79 Å². The molecule has 0 saturated carbocycles. The van der Waals surface area contributed by atoms with Gasteiger partial charge in [-0.25, -0.2) is 0 Å². The molecule has 0 radical (unpaired) electrons. The second kappa shape index (κ2) is 7.90. The molecule has 132 valence electrons. The zero-order chi connectivity index (χ0) is 18.7. The molecule has 3 rings (SSSR count). The van der Waals surface area contributed by atoms with E-state index in [0.717, 1.165) is 5.56 Å². The van der Waals surface area contributed by atoms with Crippen LogP contribution in [0.4, 0.5) is 0 Å². The van der Waals surface area contributed by atoms with Gasteiger partial charge < -0.3 is 4.74 Å². The van der Waals surface area contributed by atoms with Gasteiger partial charge in [0.15, 0.2) is 11.9 Å². The summed E-state index contributed by atoms with van der Waals surface area (Å²) in [5.41, 5.74) is 2.47. The van der Waals surface area contributed by atoms with Crippen molar-refractivity contribution in [2.45, 2.75) is 20.0 Å². The fourth-order valence-corrected chi connectivity index (χ4v) is 3.06. The smallest absolute Gasteiger partial charge is 0.207 e. The normalized spacial score (nSPS) is 11.8. The van der Waals surface area contributed by atoms with Crippen molar-refractivity contribution >= 4 is 29.0 Å². The summed E-state index contributed by atoms with van der Waals surface area (Å²) in [5.74, 6) is 0.104. The van der Waals surface area contributed by atoms with Gasteiger partial charge >= 0.3 is 0 Å². The Morgan fingerprint density at radius 2 is 1.38 bits per heavy atom. The first-order valence-electron chi connectivity index (χ1n) is 8.12. The van der Waals surface area contributed by atoms with E-state index in [1.54, 1.807) is 26.0 Å². The molecule has 0 spiro atoms. The van der Waals surface area contributed by atoms with Crippen LogP contribution in [0, 0.1) is 13.8 Å². The van der Waals surface area contributed by atoms with Crippen LogP contribution in [0.15, 0.2) is 60.7 Å². The van der Waals surface area contributed by atoms with Crippen LogP contribution in [0.25, 0.3) is 0 Å². The van der Waals surface area contributed by atoms with E-state index in [-0.39, 0.29) is 11.5 Å². The van der Waals surface area contributed by atoms with Crippen molar-refractivity contribution in [3.63, 3.8) is 0 Å². The molecule has 0 amide bonds. The predicted octanol–water partition coefficient (Wildman–Crippen LogP) is 6.01. The van der Waals surface area contributed by atoms with Gasteiger partial charge in [-0.15, -0.1) is 0 Å². The molecule has 1 aromatic heterocycles. The molecule has 0 saturated heterocycles. The minimum atomic E-state index is -0.866. The van der Waals surface area contributed by atoms with E-state index < -0.39 is 6.10 Å². The number of benzene rings is 2. The number of ketones is 1. The fraction of sp³-hybridized carbons (Fsp3) is 0.143. The highest BCUT2D eigenvalue weighted by Gasteiger charge is 2.27. The molecule has 0 aliphatic rings. The van der Waals surface area contributed by atoms with Crippen LogP contribution in [0.2, 0.25) is 10.0 Å². The Hall–Kier alpha value is -2.36. The molecule has 1 unspecified atom stereocenters. The number of carbonyl (C=O) groups is 1. The standard InChI is InChI=1S/C21H17Cl2NO2/c1-13-17(22)21(18(23)14(2)24-13)26-20(16-11-7-4-8-12-16)19(25)15-9-5-3-6-10-15/h3-12,20H,1-2H3. The fourth-order valence-electron chi connectivity index (χ4n) is 2.65. The number of Topliss-reactive ketones (excluding diaryl/α,β-unsaturated/α-hetero) is 1. The number of pyridine rings is 1. The third-order valence-electron chi connectivity index (χ3n) is 4.00. The zero-order valence-corrected chi connectivity index (χ0v) is 15.9. The Kier molecular flexibility index (Phi) is 5.60. The summed E-state index contributed by atoms with van der Waals surface area (Å²) in [6.45, 7) is 3.55. The molecule has 0 aliphatic heterocycles. The largest absolute Gasteiger partial charge is 0.474 e. The maximum Gasteiger partial charge on any atom is 0.207 e. The van der Waals surface area contributed by atoms with Gasteiger partial charge in [-0.3, -0.25) is 9.78 Å². The van der Waals surface area contributed by atoms with Crippen molar-refractivity contribution in [3.8, 4) is 5.75 Å². The second-order valence-electron chi connectivity index (χ2n) is 5.88. The molecule has 3 aromatic rings. The molecule has 3 nitrogen and oxygen atoms in total. The van der Waals surface area contributed by atoms with E-state index in [1.807, 2.05) is 48.5 Å². The summed E-state index contributed by atoms with van der Waals surface area (Å²) in [6, 6.07) is 18.3. The molecular weight excluding hydrogens is 369 g/mol. The molecule has 26 heavy (non-hydrogen) atoms. The third-order valence-corrected chi connectivity index (χ3v) is 4.89. The highest BCUT2D eigenvalue weighted by molar-refractivity contribution is 6.37. The first kappa shape index (κ1) is 18.4. The summed E-state index contributed by atoms with van der Waals surface area (Å²) >= 11 is 12.7. The second-order valence-corrected chi connectivity index (χ2v) is 6.63. The minimum Gasteiger partial charge on any atom is -0.474 e.